The largest absolute Gasteiger partial charge is 0.496 e. The molecule has 0 aliphatic carbocycles. The van der Waals surface area contributed by atoms with Crippen LogP contribution in [-0.4, -0.2) is 50.0 Å². The maximum Gasteiger partial charge on any atom is 0.253 e. The second kappa shape index (κ2) is 9.78. The normalized spacial score (nSPS) is 11.1. The highest BCUT2D eigenvalue weighted by molar-refractivity contribution is 5.93. The standard InChI is InChI=1S/C22H28N2O2/c1-5-24(16-8-10-19-9-6-7-11-21(19)26-4)17-18-12-14-20(15-13-18)22(25)23(2)3/h6-15H,5,16-17H2,1-4H3/b10-8+. The molecule has 0 aliphatic heterocycles. The number of carbonyl (C=O) groups is 1. The third-order valence-electron chi connectivity index (χ3n) is 4.26. The van der Waals surface area contributed by atoms with Crippen molar-refractivity contribution < 1.29 is 9.53 Å². The van der Waals surface area contributed by atoms with Gasteiger partial charge >= 0.3 is 0 Å². The van der Waals surface area contributed by atoms with Gasteiger partial charge < -0.3 is 9.64 Å². The molecule has 138 valence electrons. The molecule has 0 aliphatic rings. The van der Waals surface area contributed by atoms with Crippen molar-refractivity contribution in [3.05, 3.63) is 71.3 Å². The summed E-state index contributed by atoms with van der Waals surface area (Å²) in [4.78, 5) is 15.9. The average molecular weight is 352 g/mol. The number of amides is 1. The van der Waals surface area contributed by atoms with Crippen LogP contribution in [0.2, 0.25) is 0 Å². The molecule has 0 atom stereocenters. The summed E-state index contributed by atoms with van der Waals surface area (Å²) in [5.74, 6) is 0.914. The summed E-state index contributed by atoms with van der Waals surface area (Å²) in [6.07, 6.45) is 4.26. The fourth-order valence-electron chi connectivity index (χ4n) is 2.71. The molecule has 0 bridgehead atoms. The molecule has 0 saturated heterocycles. The van der Waals surface area contributed by atoms with Gasteiger partial charge in [-0.15, -0.1) is 0 Å². The Labute approximate surface area is 156 Å². The highest BCUT2D eigenvalue weighted by Crippen LogP contribution is 2.18. The summed E-state index contributed by atoms with van der Waals surface area (Å²) in [6.45, 7) is 4.81. The summed E-state index contributed by atoms with van der Waals surface area (Å²) in [6, 6.07) is 15.9. The van der Waals surface area contributed by atoms with Crippen LogP contribution in [0.25, 0.3) is 6.08 Å². The molecule has 2 aromatic carbocycles. The van der Waals surface area contributed by atoms with Crippen molar-refractivity contribution in [2.24, 2.45) is 0 Å². The van der Waals surface area contributed by atoms with E-state index in [1.54, 1.807) is 26.1 Å². The third kappa shape index (κ3) is 5.46. The van der Waals surface area contributed by atoms with Gasteiger partial charge in [-0.1, -0.05) is 49.4 Å². The minimum absolute atomic E-state index is 0.0311. The molecule has 4 nitrogen and oxygen atoms in total. The molecular formula is C22H28N2O2. The van der Waals surface area contributed by atoms with Crippen molar-refractivity contribution >= 4 is 12.0 Å². The van der Waals surface area contributed by atoms with Crippen molar-refractivity contribution in [2.75, 3.05) is 34.3 Å². The molecule has 0 heterocycles. The molecule has 0 saturated carbocycles. The number of benzene rings is 2. The molecule has 1 amide bonds. The van der Waals surface area contributed by atoms with Gasteiger partial charge in [0.05, 0.1) is 7.11 Å². The third-order valence-corrected chi connectivity index (χ3v) is 4.26. The Balaban J connectivity index is 1.97. The van der Waals surface area contributed by atoms with E-state index in [-0.39, 0.29) is 5.91 Å². The molecular weight excluding hydrogens is 324 g/mol. The smallest absolute Gasteiger partial charge is 0.253 e. The summed E-state index contributed by atoms with van der Waals surface area (Å²) in [7, 11) is 5.22. The van der Waals surface area contributed by atoms with E-state index < -0.39 is 0 Å². The Bertz CT molecular complexity index is 736. The SMILES string of the molecule is CCN(C/C=C/c1ccccc1OC)Cc1ccc(C(=O)N(C)C)cc1. The first-order valence-electron chi connectivity index (χ1n) is 8.87. The summed E-state index contributed by atoms with van der Waals surface area (Å²) < 4.78 is 5.38. The van der Waals surface area contributed by atoms with Crippen molar-refractivity contribution in [1.82, 2.24) is 9.80 Å². The van der Waals surface area contributed by atoms with E-state index in [1.807, 2.05) is 48.5 Å². The molecule has 0 unspecified atom stereocenters. The maximum atomic E-state index is 12.0. The van der Waals surface area contributed by atoms with E-state index in [4.69, 9.17) is 4.74 Å². The first kappa shape index (κ1) is 19.7. The zero-order chi connectivity index (χ0) is 18.9. The van der Waals surface area contributed by atoms with Gasteiger partial charge in [0.2, 0.25) is 0 Å². The van der Waals surface area contributed by atoms with Crippen LogP contribution >= 0.6 is 0 Å². The Kier molecular flexibility index (Phi) is 7.42. The maximum absolute atomic E-state index is 12.0. The van der Waals surface area contributed by atoms with Gasteiger partial charge in [0.15, 0.2) is 0 Å². The molecule has 0 aromatic heterocycles. The van der Waals surface area contributed by atoms with E-state index >= 15 is 0 Å². The van der Waals surface area contributed by atoms with E-state index in [2.05, 4.69) is 24.0 Å². The average Bonchev–Trinajstić information content (AvgIpc) is 2.67. The number of likely N-dealkylation sites (N-methyl/N-ethyl adjacent to an activating group) is 1. The number of ether oxygens (including phenoxy) is 1. The van der Waals surface area contributed by atoms with Crippen molar-refractivity contribution in [3.63, 3.8) is 0 Å². The number of methoxy groups -OCH3 is 1. The number of hydrogen-bond acceptors (Lipinski definition) is 3. The van der Waals surface area contributed by atoms with Gasteiger partial charge in [-0.05, 0) is 30.3 Å². The van der Waals surface area contributed by atoms with E-state index in [0.717, 1.165) is 36.5 Å². The Morgan fingerprint density at radius 2 is 1.77 bits per heavy atom. The van der Waals surface area contributed by atoms with Gasteiger partial charge in [-0.25, -0.2) is 0 Å². The van der Waals surface area contributed by atoms with Crippen LogP contribution in [0.5, 0.6) is 5.75 Å². The van der Waals surface area contributed by atoms with E-state index in [1.165, 1.54) is 5.56 Å². The molecule has 2 aromatic rings. The number of hydrogen-bond donors (Lipinski definition) is 0. The zero-order valence-electron chi connectivity index (χ0n) is 16.1. The van der Waals surface area contributed by atoms with Crippen LogP contribution in [0.15, 0.2) is 54.6 Å². The van der Waals surface area contributed by atoms with E-state index in [0.29, 0.717) is 0 Å². The minimum Gasteiger partial charge on any atom is -0.496 e. The Hall–Kier alpha value is -2.59. The van der Waals surface area contributed by atoms with Crippen molar-refractivity contribution in [2.45, 2.75) is 13.5 Å². The summed E-state index contributed by atoms with van der Waals surface area (Å²) >= 11 is 0. The first-order chi connectivity index (χ1) is 12.5. The molecule has 2 rings (SSSR count). The zero-order valence-corrected chi connectivity index (χ0v) is 16.1. The molecule has 0 spiro atoms. The van der Waals surface area contributed by atoms with Crippen LogP contribution in [0, 0.1) is 0 Å². The first-order valence-corrected chi connectivity index (χ1v) is 8.87. The van der Waals surface area contributed by atoms with Gasteiger partial charge in [0.1, 0.15) is 5.75 Å². The number of carbonyl (C=O) groups excluding carboxylic acids is 1. The molecule has 0 N–H and O–H groups in total. The number of nitrogens with zero attached hydrogens (tertiary/aromatic N) is 2. The predicted octanol–water partition coefficient (Wildman–Crippen LogP) is 3.93. The molecule has 0 radical (unpaired) electrons. The molecule has 26 heavy (non-hydrogen) atoms. The highest BCUT2D eigenvalue weighted by atomic mass is 16.5. The second-order valence-electron chi connectivity index (χ2n) is 6.37. The van der Waals surface area contributed by atoms with Gasteiger partial charge in [0.25, 0.3) is 5.91 Å². The van der Waals surface area contributed by atoms with Crippen LogP contribution in [0.3, 0.4) is 0 Å². The number of para-hydroxylation sites is 1. The summed E-state index contributed by atoms with van der Waals surface area (Å²) in [5.41, 5.74) is 3.00. The monoisotopic (exact) mass is 352 g/mol. The Morgan fingerprint density at radius 1 is 1.08 bits per heavy atom. The fraction of sp³-hybridized carbons (Fsp3) is 0.318. The lowest BCUT2D eigenvalue weighted by atomic mass is 10.1. The predicted molar refractivity (Wildman–Crippen MR) is 107 cm³/mol. The fourth-order valence-corrected chi connectivity index (χ4v) is 2.71. The van der Waals surface area contributed by atoms with Gasteiger partial charge in [-0.2, -0.15) is 0 Å². The quantitative estimate of drug-likeness (QED) is 0.722. The van der Waals surface area contributed by atoms with Gasteiger partial charge in [0, 0.05) is 38.3 Å². The van der Waals surface area contributed by atoms with Crippen LogP contribution in [0.4, 0.5) is 0 Å². The van der Waals surface area contributed by atoms with Crippen LogP contribution < -0.4 is 4.74 Å². The molecule has 0 fully saturated rings. The Morgan fingerprint density at radius 3 is 2.38 bits per heavy atom. The van der Waals surface area contributed by atoms with Crippen LogP contribution in [-0.2, 0) is 6.54 Å². The van der Waals surface area contributed by atoms with Crippen LogP contribution in [0.1, 0.15) is 28.4 Å². The lowest BCUT2D eigenvalue weighted by Crippen LogP contribution is -2.23. The number of rotatable bonds is 8. The topological polar surface area (TPSA) is 32.8 Å². The molecule has 4 heteroatoms. The minimum atomic E-state index is 0.0311. The van der Waals surface area contributed by atoms with E-state index in [9.17, 15) is 4.79 Å². The summed E-state index contributed by atoms with van der Waals surface area (Å²) in [5, 5.41) is 0. The lowest BCUT2D eigenvalue weighted by molar-refractivity contribution is 0.0827. The highest BCUT2D eigenvalue weighted by Gasteiger charge is 2.08. The lowest BCUT2D eigenvalue weighted by Gasteiger charge is -2.19. The second-order valence-corrected chi connectivity index (χ2v) is 6.37. The van der Waals surface area contributed by atoms with Crippen molar-refractivity contribution in [1.29, 1.82) is 0 Å². The van der Waals surface area contributed by atoms with Gasteiger partial charge in [-0.3, -0.25) is 9.69 Å². The van der Waals surface area contributed by atoms with Crippen molar-refractivity contribution in [3.8, 4) is 5.75 Å².